The molecule has 0 aromatic carbocycles. The van der Waals surface area contributed by atoms with Gasteiger partial charge in [0.25, 0.3) is 0 Å². The molecule has 6 nitrogen and oxygen atoms in total. The van der Waals surface area contributed by atoms with Crippen LogP contribution in [0.1, 0.15) is 5.56 Å². The molecule has 1 saturated heterocycles. The molecule has 1 aliphatic heterocycles. The van der Waals surface area contributed by atoms with Crippen molar-refractivity contribution in [2.24, 2.45) is 0 Å². The monoisotopic (exact) mass is 300 g/mol. The zero-order chi connectivity index (χ0) is 14.0. The van der Waals surface area contributed by atoms with Crippen molar-refractivity contribution in [3.05, 3.63) is 22.8 Å². The van der Waals surface area contributed by atoms with Gasteiger partial charge in [0.2, 0.25) is 10.0 Å². The Balaban J connectivity index is 2.14. The predicted octanol–water partition coefficient (Wildman–Crippen LogP) is 0.688. The van der Waals surface area contributed by atoms with E-state index in [4.69, 9.17) is 16.9 Å². The van der Waals surface area contributed by atoms with Crippen LogP contribution in [0, 0.1) is 11.3 Å². The lowest BCUT2D eigenvalue weighted by atomic mass is 10.2. The molecule has 19 heavy (non-hydrogen) atoms. The lowest BCUT2D eigenvalue weighted by molar-refractivity contribution is 0.387. The van der Waals surface area contributed by atoms with E-state index in [1.807, 2.05) is 11.0 Å². The summed E-state index contributed by atoms with van der Waals surface area (Å²) in [5.41, 5.74) is 0.445. The molecule has 0 spiro atoms. The van der Waals surface area contributed by atoms with E-state index >= 15 is 0 Å². The van der Waals surface area contributed by atoms with Gasteiger partial charge in [0.15, 0.2) is 0 Å². The van der Waals surface area contributed by atoms with Gasteiger partial charge in [-0.2, -0.15) is 9.57 Å². The number of nitrogens with zero attached hydrogens (tertiary/aromatic N) is 4. The number of halogens is 1. The molecule has 1 aliphatic rings. The molecule has 102 valence electrons. The minimum Gasteiger partial charge on any atom is -0.354 e. The van der Waals surface area contributed by atoms with Crippen LogP contribution in [-0.2, 0) is 10.0 Å². The van der Waals surface area contributed by atoms with E-state index < -0.39 is 10.0 Å². The average Bonchev–Trinajstić information content (AvgIpc) is 2.37. The predicted molar refractivity (Wildman–Crippen MR) is 72.6 cm³/mol. The Morgan fingerprint density at radius 1 is 1.32 bits per heavy atom. The van der Waals surface area contributed by atoms with Crippen molar-refractivity contribution in [1.82, 2.24) is 9.29 Å². The summed E-state index contributed by atoms with van der Waals surface area (Å²) in [4.78, 5) is 6.09. The maximum absolute atomic E-state index is 11.4. The zero-order valence-electron chi connectivity index (χ0n) is 10.4. The minimum absolute atomic E-state index is 0.264. The summed E-state index contributed by atoms with van der Waals surface area (Å²) in [6.45, 7) is 1.89. The molecule has 0 atom stereocenters. The fraction of sp³-hybridized carbons (Fsp3) is 0.455. The highest BCUT2D eigenvalue weighted by molar-refractivity contribution is 7.88. The van der Waals surface area contributed by atoms with Gasteiger partial charge in [-0.25, -0.2) is 13.4 Å². The summed E-state index contributed by atoms with van der Waals surface area (Å²) in [7, 11) is -3.14. The zero-order valence-corrected chi connectivity index (χ0v) is 11.9. The number of rotatable bonds is 2. The third-order valence-electron chi connectivity index (χ3n) is 2.94. The molecule has 0 radical (unpaired) electrons. The molecule has 1 fully saturated rings. The van der Waals surface area contributed by atoms with Gasteiger partial charge in [0, 0.05) is 26.2 Å². The fourth-order valence-corrected chi connectivity index (χ4v) is 2.99. The second kappa shape index (κ2) is 5.33. The molecular weight excluding hydrogens is 288 g/mol. The molecule has 0 amide bonds. The van der Waals surface area contributed by atoms with Crippen molar-refractivity contribution in [1.29, 1.82) is 5.26 Å². The summed E-state index contributed by atoms with van der Waals surface area (Å²) in [6.07, 6.45) is 1.20. The van der Waals surface area contributed by atoms with Gasteiger partial charge in [0.1, 0.15) is 11.0 Å². The molecule has 2 heterocycles. The number of piperazine rings is 1. The van der Waals surface area contributed by atoms with Crippen LogP contribution in [0.15, 0.2) is 12.1 Å². The Kier molecular flexibility index (Phi) is 3.94. The molecule has 1 aromatic heterocycles. The first-order valence-corrected chi connectivity index (χ1v) is 7.90. The summed E-state index contributed by atoms with van der Waals surface area (Å²) in [5.74, 6) is 0.609. The van der Waals surface area contributed by atoms with E-state index in [0.29, 0.717) is 37.6 Å². The van der Waals surface area contributed by atoms with E-state index in [0.717, 1.165) is 0 Å². The molecule has 8 heteroatoms. The summed E-state index contributed by atoms with van der Waals surface area (Å²) >= 11 is 5.85. The second-order valence-electron chi connectivity index (χ2n) is 4.30. The van der Waals surface area contributed by atoms with Crippen molar-refractivity contribution < 1.29 is 8.42 Å². The lowest BCUT2D eigenvalue weighted by Gasteiger charge is -2.34. The van der Waals surface area contributed by atoms with Crippen LogP contribution in [0.2, 0.25) is 5.15 Å². The molecule has 0 aliphatic carbocycles. The van der Waals surface area contributed by atoms with Gasteiger partial charge >= 0.3 is 0 Å². The highest BCUT2D eigenvalue weighted by atomic mass is 35.5. The Morgan fingerprint density at radius 3 is 2.47 bits per heavy atom. The van der Waals surface area contributed by atoms with Gasteiger partial charge in [0.05, 0.1) is 17.9 Å². The van der Waals surface area contributed by atoms with Crippen molar-refractivity contribution >= 4 is 27.4 Å². The van der Waals surface area contributed by atoms with Gasteiger partial charge in [-0.15, -0.1) is 0 Å². The molecule has 0 bridgehead atoms. The van der Waals surface area contributed by atoms with E-state index in [1.165, 1.54) is 16.6 Å². The first-order valence-electron chi connectivity index (χ1n) is 5.68. The topological polar surface area (TPSA) is 77.3 Å². The minimum atomic E-state index is -3.14. The quantitative estimate of drug-likeness (QED) is 0.751. The van der Waals surface area contributed by atoms with Gasteiger partial charge < -0.3 is 4.90 Å². The number of pyridine rings is 1. The summed E-state index contributed by atoms with van der Waals surface area (Å²) < 4.78 is 24.3. The standard InChI is InChI=1S/C11H13ClN4O2S/c1-19(17,18)16-4-2-15(3-5-16)11-7-9(8-13)6-10(12)14-11/h6-7H,2-5H2,1H3. The van der Waals surface area contributed by atoms with Crippen LogP contribution < -0.4 is 4.90 Å². The number of anilines is 1. The van der Waals surface area contributed by atoms with Crippen LogP contribution in [0.25, 0.3) is 0 Å². The smallest absolute Gasteiger partial charge is 0.211 e. The first kappa shape index (κ1) is 14.1. The average molecular weight is 301 g/mol. The summed E-state index contributed by atoms with van der Waals surface area (Å²) in [6, 6.07) is 5.18. The van der Waals surface area contributed by atoms with Crippen molar-refractivity contribution in [2.75, 3.05) is 37.3 Å². The third kappa shape index (κ3) is 3.35. The number of hydrogen-bond acceptors (Lipinski definition) is 5. The van der Waals surface area contributed by atoms with E-state index in [2.05, 4.69) is 4.98 Å². The Hall–Kier alpha value is -1.36. The van der Waals surface area contributed by atoms with Crippen LogP contribution >= 0.6 is 11.6 Å². The maximum Gasteiger partial charge on any atom is 0.211 e. The molecule has 2 rings (SSSR count). The first-order chi connectivity index (χ1) is 8.90. The second-order valence-corrected chi connectivity index (χ2v) is 6.67. The van der Waals surface area contributed by atoms with Crippen LogP contribution in [0.5, 0.6) is 0 Å². The largest absolute Gasteiger partial charge is 0.354 e. The Bertz CT molecular complexity index is 618. The lowest BCUT2D eigenvalue weighted by Crippen LogP contribution is -2.48. The van der Waals surface area contributed by atoms with E-state index in [1.54, 1.807) is 6.07 Å². The van der Waals surface area contributed by atoms with Crippen LogP contribution in [-0.4, -0.2) is 50.1 Å². The van der Waals surface area contributed by atoms with Crippen molar-refractivity contribution in [3.63, 3.8) is 0 Å². The summed E-state index contributed by atoms with van der Waals surface area (Å²) in [5, 5.41) is 9.15. The molecule has 1 aromatic rings. The number of hydrogen-bond donors (Lipinski definition) is 0. The van der Waals surface area contributed by atoms with Gasteiger partial charge in [-0.05, 0) is 12.1 Å². The van der Waals surface area contributed by atoms with Gasteiger partial charge in [-0.1, -0.05) is 11.6 Å². The molecule has 0 saturated carbocycles. The van der Waals surface area contributed by atoms with Crippen LogP contribution in [0.3, 0.4) is 0 Å². The SMILES string of the molecule is CS(=O)(=O)N1CCN(c2cc(C#N)cc(Cl)n2)CC1. The van der Waals surface area contributed by atoms with Crippen molar-refractivity contribution in [2.45, 2.75) is 0 Å². The van der Waals surface area contributed by atoms with Gasteiger partial charge in [-0.3, -0.25) is 0 Å². The van der Waals surface area contributed by atoms with Crippen molar-refractivity contribution in [3.8, 4) is 6.07 Å². The normalized spacial score (nSPS) is 17.2. The van der Waals surface area contributed by atoms with Crippen LogP contribution in [0.4, 0.5) is 5.82 Å². The highest BCUT2D eigenvalue weighted by Crippen LogP contribution is 2.19. The Labute approximate surface area is 117 Å². The Morgan fingerprint density at radius 2 is 1.95 bits per heavy atom. The van der Waals surface area contributed by atoms with E-state index in [-0.39, 0.29) is 5.15 Å². The van der Waals surface area contributed by atoms with E-state index in [9.17, 15) is 8.42 Å². The molecular formula is C11H13ClN4O2S. The molecule has 0 N–H and O–H groups in total. The number of aromatic nitrogens is 1. The highest BCUT2D eigenvalue weighted by Gasteiger charge is 2.24. The number of sulfonamides is 1. The number of nitriles is 1. The third-order valence-corrected chi connectivity index (χ3v) is 4.44. The maximum atomic E-state index is 11.4. The fourth-order valence-electron chi connectivity index (χ4n) is 1.96. The molecule has 0 unspecified atom stereocenters.